The molecule has 2 aliphatic rings. The molecule has 80 valence electrons. The second kappa shape index (κ2) is 4.84. The van der Waals surface area contributed by atoms with E-state index in [4.69, 9.17) is 23.2 Å². The van der Waals surface area contributed by atoms with Crippen LogP contribution in [0, 0.1) is 0 Å². The summed E-state index contributed by atoms with van der Waals surface area (Å²) in [4.78, 5) is 2.58. The molecule has 0 spiro atoms. The average Bonchev–Trinajstić information content (AvgIpc) is 2.95. The van der Waals surface area contributed by atoms with Crippen molar-refractivity contribution in [2.75, 3.05) is 19.6 Å². The minimum absolute atomic E-state index is 0.598. The maximum absolute atomic E-state index is 5.81. The number of hydrogen-bond acceptors (Lipinski definition) is 2. The van der Waals surface area contributed by atoms with Crippen LogP contribution >= 0.6 is 23.2 Å². The van der Waals surface area contributed by atoms with Crippen LogP contribution in [-0.2, 0) is 0 Å². The molecule has 1 atom stereocenters. The van der Waals surface area contributed by atoms with E-state index in [1.165, 1.54) is 37.9 Å². The summed E-state index contributed by atoms with van der Waals surface area (Å²) in [6.07, 6.45) is 4.03. The first-order chi connectivity index (χ1) is 6.79. The molecular weight excluding hydrogens is 219 g/mol. The van der Waals surface area contributed by atoms with Crippen molar-refractivity contribution in [2.45, 2.75) is 31.3 Å². The van der Waals surface area contributed by atoms with Crippen LogP contribution < -0.4 is 5.32 Å². The SMILES string of the molecule is ClC=C(Cl)CNC1CCN(C2CC2)C1. The van der Waals surface area contributed by atoms with Gasteiger partial charge in [0.1, 0.15) is 0 Å². The van der Waals surface area contributed by atoms with Gasteiger partial charge in [-0.2, -0.15) is 0 Å². The lowest BCUT2D eigenvalue weighted by molar-refractivity contribution is 0.319. The lowest BCUT2D eigenvalue weighted by Gasteiger charge is -2.15. The van der Waals surface area contributed by atoms with Gasteiger partial charge in [-0.05, 0) is 19.3 Å². The van der Waals surface area contributed by atoms with E-state index < -0.39 is 0 Å². The van der Waals surface area contributed by atoms with Crippen molar-refractivity contribution >= 4 is 23.2 Å². The summed E-state index contributed by atoms with van der Waals surface area (Å²) in [7, 11) is 0. The van der Waals surface area contributed by atoms with Gasteiger partial charge in [0.2, 0.25) is 0 Å². The fourth-order valence-corrected chi connectivity index (χ4v) is 2.16. The predicted octanol–water partition coefficient (Wildman–Crippen LogP) is 2.13. The first kappa shape index (κ1) is 10.7. The summed E-state index contributed by atoms with van der Waals surface area (Å²) in [5.41, 5.74) is 1.43. The van der Waals surface area contributed by atoms with E-state index in [0.717, 1.165) is 6.04 Å². The second-order valence-corrected chi connectivity index (χ2v) is 4.85. The molecule has 0 aromatic heterocycles. The Bertz CT molecular complexity index is 226. The number of rotatable bonds is 4. The third-order valence-electron chi connectivity index (χ3n) is 2.96. The van der Waals surface area contributed by atoms with E-state index in [9.17, 15) is 0 Å². The molecule has 0 amide bonds. The van der Waals surface area contributed by atoms with Gasteiger partial charge in [-0.15, -0.1) is 0 Å². The second-order valence-electron chi connectivity index (χ2n) is 4.15. The molecule has 0 radical (unpaired) electrons. The minimum atomic E-state index is 0.598. The molecule has 0 bridgehead atoms. The molecule has 0 aromatic rings. The molecule has 1 saturated heterocycles. The van der Waals surface area contributed by atoms with Crippen molar-refractivity contribution in [1.29, 1.82) is 0 Å². The maximum atomic E-state index is 5.81. The molecule has 4 heteroatoms. The third kappa shape index (κ3) is 2.86. The van der Waals surface area contributed by atoms with Gasteiger partial charge in [0, 0.05) is 42.3 Å². The molecule has 1 unspecified atom stereocenters. The Balaban J connectivity index is 1.67. The third-order valence-corrected chi connectivity index (χ3v) is 3.58. The van der Waals surface area contributed by atoms with Gasteiger partial charge < -0.3 is 5.32 Å². The zero-order valence-electron chi connectivity index (χ0n) is 8.18. The van der Waals surface area contributed by atoms with Gasteiger partial charge in [0.25, 0.3) is 0 Å². The standard InChI is InChI=1S/C10H16Cl2N2/c11-5-8(12)6-13-9-3-4-14(7-9)10-1-2-10/h5,9-10,13H,1-4,6-7H2. The Morgan fingerprint density at radius 2 is 2.21 bits per heavy atom. The summed E-state index contributed by atoms with van der Waals surface area (Å²) in [6.45, 7) is 3.12. The van der Waals surface area contributed by atoms with Crippen LogP contribution in [0.5, 0.6) is 0 Å². The summed E-state index contributed by atoms with van der Waals surface area (Å²) >= 11 is 11.3. The quantitative estimate of drug-likeness (QED) is 0.803. The van der Waals surface area contributed by atoms with Crippen molar-refractivity contribution in [2.24, 2.45) is 0 Å². The predicted molar refractivity (Wildman–Crippen MR) is 60.8 cm³/mol. The van der Waals surface area contributed by atoms with E-state index in [-0.39, 0.29) is 0 Å². The largest absolute Gasteiger partial charge is 0.308 e. The summed E-state index contributed by atoms with van der Waals surface area (Å²) in [6, 6.07) is 1.49. The van der Waals surface area contributed by atoms with E-state index >= 15 is 0 Å². The van der Waals surface area contributed by atoms with Gasteiger partial charge in [-0.25, -0.2) is 0 Å². The van der Waals surface area contributed by atoms with E-state index in [0.29, 0.717) is 17.6 Å². The summed E-state index contributed by atoms with van der Waals surface area (Å²) in [5.74, 6) is 0. The molecule has 1 aliphatic heterocycles. The lowest BCUT2D eigenvalue weighted by atomic mass is 10.2. The topological polar surface area (TPSA) is 15.3 Å². The van der Waals surface area contributed by atoms with Crippen LogP contribution in [0.2, 0.25) is 0 Å². The number of likely N-dealkylation sites (tertiary alicyclic amines) is 1. The highest BCUT2D eigenvalue weighted by atomic mass is 35.5. The minimum Gasteiger partial charge on any atom is -0.308 e. The Morgan fingerprint density at radius 1 is 1.43 bits per heavy atom. The van der Waals surface area contributed by atoms with Crippen LogP contribution in [0.25, 0.3) is 0 Å². The van der Waals surface area contributed by atoms with Crippen LogP contribution in [0.1, 0.15) is 19.3 Å². The Morgan fingerprint density at radius 3 is 2.86 bits per heavy atom. The van der Waals surface area contributed by atoms with Crippen molar-refractivity contribution in [3.05, 3.63) is 10.6 Å². The van der Waals surface area contributed by atoms with Gasteiger partial charge >= 0.3 is 0 Å². The Labute approximate surface area is 95.2 Å². The smallest absolute Gasteiger partial charge is 0.0432 e. The molecule has 2 nitrogen and oxygen atoms in total. The highest BCUT2D eigenvalue weighted by Gasteiger charge is 2.33. The van der Waals surface area contributed by atoms with Crippen molar-refractivity contribution in [3.8, 4) is 0 Å². The number of halogens is 2. The van der Waals surface area contributed by atoms with Crippen molar-refractivity contribution in [1.82, 2.24) is 10.2 Å². The van der Waals surface area contributed by atoms with Crippen molar-refractivity contribution < 1.29 is 0 Å². The molecule has 14 heavy (non-hydrogen) atoms. The first-order valence-corrected chi connectivity index (χ1v) is 6.03. The van der Waals surface area contributed by atoms with E-state index in [1.54, 1.807) is 0 Å². The number of nitrogens with one attached hydrogen (secondary N) is 1. The molecule has 0 aromatic carbocycles. The van der Waals surface area contributed by atoms with E-state index in [1.807, 2.05) is 0 Å². The maximum Gasteiger partial charge on any atom is 0.0432 e. The van der Waals surface area contributed by atoms with Gasteiger partial charge in [0.05, 0.1) is 0 Å². The molecule has 1 heterocycles. The normalized spacial score (nSPS) is 29.9. The highest BCUT2D eigenvalue weighted by molar-refractivity contribution is 6.36. The molecule has 2 rings (SSSR count). The Hall–Kier alpha value is 0.240. The monoisotopic (exact) mass is 234 g/mol. The molecular formula is C10H16Cl2N2. The number of hydrogen-bond donors (Lipinski definition) is 1. The van der Waals surface area contributed by atoms with Gasteiger partial charge in [-0.3, -0.25) is 4.90 Å². The zero-order chi connectivity index (χ0) is 9.97. The van der Waals surface area contributed by atoms with Gasteiger partial charge in [-0.1, -0.05) is 23.2 Å². The molecule has 1 saturated carbocycles. The zero-order valence-corrected chi connectivity index (χ0v) is 9.69. The number of nitrogens with zero attached hydrogens (tertiary/aromatic N) is 1. The summed E-state index contributed by atoms with van der Waals surface area (Å²) < 4.78 is 0. The molecule has 1 aliphatic carbocycles. The molecule has 1 N–H and O–H groups in total. The highest BCUT2D eigenvalue weighted by Crippen LogP contribution is 2.29. The van der Waals surface area contributed by atoms with Crippen LogP contribution in [0.4, 0.5) is 0 Å². The van der Waals surface area contributed by atoms with Gasteiger partial charge in [0.15, 0.2) is 0 Å². The average molecular weight is 235 g/mol. The first-order valence-electron chi connectivity index (χ1n) is 5.22. The molecule has 2 fully saturated rings. The lowest BCUT2D eigenvalue weighted by Crippen LogP contribution is -2.33. The van der Waals surface area contributed by atoms with E-state index in [2.05, 4.69) is 10.2 Å². The Kier molecular flexibility index (Phi) is 3.72. The van der Waals surface area contributed by atoms with Crippen LogP contribution in [-0.4, -0.2) is 36.6 Å². The fourth-order valence-electron chi connectivity index (χ4n) is 2.01. The van der Waals surface area contributed by atoms with Crippen molar-refractivity contribution in [3.63, 3.8) is 0 Å². The fraction of sp³-hybridized carbons (Fsp3) is 0.800. The van der Waals surface area contributed by atoms with Crippen LogP contribution in [0.3, 0.4) is 0 Å². The summed E-state index contributed by atoms with van der Waals surface area (Å²) in [5, 5.41) is 4.11. The van der Waals surface area contributed by atoms with Crippen LogP contribution in [0.15, 0.2) is 10.6 Å².